The van der Waals surface area contributed by atoms with Crippen LogP contribution in [0.5, 0.6) is 0 Å². The molecular formula is C16H26N2O2S. The number of hydrogen-bond donors (Lipinski definition) is 1. The Hall–Kier alpha value is -0.910. The predicted octanol–water partition coefficient (Wildman–Crippen LogP) is 2.46. The molecule has 5 heteroatoms. The van der Waals surface area contributed by atoms with Gasteiger partial charge in [0.1, 0.15) is 0 Å². The summed E-state index contributed by atoms with van der Waals surface area (Å²) in [6.07, 6.45) is 2.90. The largest absolute Gasteiger partial charge is 0.314 e. The normalized spacial score (nSPS) is 18.0. The average molecular weight is 310 g/mol. The van der Waals surface area contributed by atoms with Crippen LogP contribution in [0.4, 0.5) is 0 Å². The summed E-state index contributed by atoms with van der Waals surface area (Å²) in [6.45, 7) is 8.16. The second-order valence-corrected chi connectivity index (χ2v) is 7.81. The van der Waals surface area contributed by atoms with Gasteiger partial charge in [-0.2, -0.15) is 4.31 Å². The predicted molar refractivity (Wildman–Crippen MR) is 86.0 cm³/mol. The second-order valence-electron chi connectivity index (χ2n) is 5.90. The third kappa shape index (κ3) is 3.84. The number of rotatable bonds is 5. The Kier molecular flexibility index (Phi) is 5.41. The van der Waals surface area contributed by atoms with Crippen LogP contribution >= 0.6 is 0 Å². The summed E-state index contributed by atoms with van der Waals surface area (Å²) in [7, 11) is -3.35. The Morgan fingerprint density at radius 2 is 1.90 bits per heavy atom. The van der Waals surface area contributed by atoms with Gasteiger partial charge in [-0.15, -0.1) is 0 Å². The highest BCUT2D eigenvalue weighted by Gasteiger charge is 2.30. The van der Waals surface area contributed by atoms with Crippen molar-refractivity contribution in [3.8, 4) is 0 Å². The molecule has 0 radical (unpaired) electrons. The SMILES string of the molecule is CCCNC1CCN(S(=O)(=O)c2cc(C)ccc2C)CC1. The minimum atomic E-state index is -3.35. The van der Waals surface area contributed by atoms with Gasteiger partial charge in [0.2, 0.25) is 10.0 Å². The first-order chi connectivity index (χ1) is 9.95. The van der Waals surface area contributed by atoms with Crippen LogP contribution in [0.15, 0.2) is 23.1 Å². The lowest BCUT2D eigenvalue weighted by molar-refractivity contribution is 0.290. The highest BCUT2D eigenvalue weighted by Crippen LogP contribution is 2.24. The molecule has 1 aliphatic heterocycles. The van der Waals surface area contributed by atoms with Crippen molar-refractivity contribution < 1.29 is 8.42 Å². The van der Waals surface area contributed by atoms with Crippen LogP contribution in [-0.4, -0.2) is 38.4 Å². The van der Waals surface area contributed by atoms with Crippen molar-refractivity contribution in [3.05, 3.63) is 29.3 Å². The molecule has 1 heterocycles. The van der Waals surface area contributed by atoms with Crippen LogP contribution in [0.25, 0.3) is 0 Å². The van der Waals surface area contributed by atoms with Gasteiger partial charge >= 0.3 is 0 Å². The summed E-state index contributed by atoms with van der Waals surface area (Å²) in [5.74, 6) is 0. The fourth-order valence-electron chi connectivity index (χ4n) is 2.77. The summed E-state index contributed by atoms with van der Waals surface area (Å²) < 4.78 is 27.2. The van der Waals surface area contributed by atoms with Crippen molar-refractivity contribution in [3.63, 3.8) is 0 Å². The number of sulfonamides is 1. The van der Waals surface area contributed by atoms with Gasteiger partial charge in [-0.05, 0) is 56.8 Å². The summed E-state index contributed by atoms with van der Waals surface area (Å²) in [6, 6.07) is 6.08. The van der Waals surface area contributed by atoms with Crippen LogP contribution in [-0.2, 0) is 10.0 Å². The zero-order chi connectivity index (χ0) is 15.5. The van der Waals surface area contributed by atoms with Gasteiger partial charge in [-0.25, -0.2) is 8.42 Å². The second kappa shape index (κ2) is 6.90. The minimum absolute atomic E-state index is 0.454. The molecule has 4 nitrogen and oxygen atoms in total. The van der Waals surface area contributed by atoms with Gasteiger partial charge in [0.05, 0.1) is 4.90 Å². The van der Waals surface area contributed by atoms with Gasteiger partial charge in [0.15, 0.2) is 0 Å². The molecule has 1 N–H and O–H groups in total. The molecule has 1 fully saturated rings. The Morgan fingerprint density at radius 3 is 2.52 bits per heavy atom. The molecule has 0 amide bonds. The van der Waals surface area contributed by atoms with E-state index in [0.29, 0.717) is 24.0 Å². The Balaban J connectivity index is 2.10. The van der Waals surface area contributed by atoms with Gasteiger partial charge in [-0.3, -0.25) is 0 Å². The molecule has 1 aromatic carbocycles. The molecule has 0 spiro atoms. The van der Waals surface area contributed by atoms with E-state index >= 15 is 0 Å². The van der Waals surface area contributed by atoms with Gasteiger partial charge < -0.3 is 5.32 Å². The molecule has 0 aromatic heterocycles. The molecule has 0 aliphatic carbocycles. The quantitative estimate of drug-likeness (QED) is 0.909. The van der Waals surface area contributed by atoms with Crippen LogP contribution in [0.3, 0.4) is 0 Å². The molecule has 0 unspecified atom stereocenters. The molecule has 0 atom stereocenters. The molecular weight excluding hydrogens is 284 g/mol. The molecule has 1 aromatic rings. The highest BCUT2D eigenvalue weighted by atomic mass is 32.2. The summed E-state index contributed by atoms with van der Waals surface area (Å²) >= 11 is 0. The van der Waals surface area contributed by atoms with Gasteiger partial charge in [0.25, 0.3) is 0 Å². The first kappa shape index (κ1) is 16.5. The fraction of sp³-hybridized carbons (Fsp3) is 0.625. The average Bonchev–Trinajstić information content (AvgIpc) is 2.48. The van der Waals surface area contributed by atoms with Crippen molar-refractivity contribution in [1.82, 2.24) is 9.62 Å². The maximum atomic E-state index is 12.8. The minimum Gasteiger partial charge on any atom is -0.314 e. The van der Waals surface area contributed by atoms with Crippen molar-refractivity contribution in [2.24, 2.45) is 0 Å². The fourth-order valence-corrected chi connectivity index (χ4v) is 4.55. The highest BCUT2D eigenvalue weighted by molar-refractivity contribution is 7.89. The van der Waals surface area contributed by atoms with E-state index < -0.39 is 10.0 Å². The van der Waals surface area contributed by atoms with E-state index in [1.807, 2.05) is 26.0 Å². The lowest BCUT2D eigenvalue weighted by Gasteiger charge is -2.32. The smallest absolute Gasteiger partial charge is 0.243 e. The molecule has 2 rings (SSSR count). The number of aryl methyl sites for hydroxylation is 2. The summed E-state index contributed by atoms with van der Waals surface area (Å²) in [5.41, 5.74) is 1.81. The van der Waals surface area contributed by atoms with Crippen molar-refractivity contribution in [1.29, 1.82) is 0 Å². The molecule has 0 saturated carbocycles. The number of piperidine rings is 1. The monoisotopic (exact) mass is 310 g/mol. The Morgan fingerprint density at radius 1 is 1.24 bits per heavy atom. The van der Waals surface area contributed by atoms with Crippen LogP contribution in [0.2, 0.25) is 0 Å². The third-order valence-corrected chi connectivity index (χ3v) is 6.14. The summed E-state index contributed by atoms with van der Waals surface area (Å²) in [5, 5.41) is 3.48. The summed E-state index contributed by atoms with van der Waals surface area (Å²) in [4.78, 5) is 0.461. The zero-order valence-corrected chi connectivity index (χ0v) is 14.0. The van der Waals surface area contributed by atoms with E-state index in [4.69, 9.17) is 0 Å². The first-order valence-electron chi connectivity index (χ1n) is 7.76. The van der Waals surface area contributed by atoms with Crippen molar-refractivity contribution in [2.45, 2.75) is 51.0 Å². The zero-order valence-electron chi connectivity index (χ0n) is 13.2. The van der Waals surface area contributed by atoms with E-state index in [2.05, 4.69) is 12.2 Å². The molecule has 1 aliphatic rings. The first-order valence-corrected chi connectivity index (χ1v) is 9.20. The van der Waals surface area contributed by atoms with E-state index in [0.717, 1.165) is 36.9 Å². The molecule has 118 valence electrons. The number of hydrogen-bond acceptors (Lipinski definition) is 3. The van der Waals surface area contributed by atoms with E-state index in [9.17, 15) is 8.42 Å². The lowest BCUT2D eigenvalue weighted by Crippen LogP contribution is -2.45. The number of nitrogens with one attached hydrogen (secondary N) is 1. The Labute approximate surface area is 128 Å². The maximum Gasteiger partial charge on any atom is 0.243 e. The standard InChI is InChI=1S/C16H26N2O2S/c1-4-9-17-15-7-10-18(11-8-15)21(19,20)16-12-13(2)5-6-14(16)3/h5-6,12,15,17H,4,7-11H2,1-3H3. The van der Waals surface area contributed by atoms with E-state index in [-0.39, 0.29) is 0 Å². The topological polar surface area (TPSA) is 49.4 Å². The van der Waals surface area contributed by atoms with Crippen molar-refractivity contribution in [2.75, 3.05) is 19.6 Å². The van der Waals surface area contributed by atoms with E-state index in [1.165, 1.54) is 0 Å². The van der Waals surface area contributed by atoms with Gasteiger partial charge in [0, 0.05) is 19.1 Å². The molecule has 0 bridgehead atoms. The van der Waals surface area contributed by atoms with Crippen LogP contribution < -0.4 is 5.32 Å². The molecule has 21 heavy (non-hydrogen) atoms. The third-order valence-electron chi connectivity index (χ3n) is 4.10. The Bertz CT molecular complexity index is 576. The van der Waals surface area contributed by atoms with Gasteiger partial charge in [-0.1, -0.05) is 19.1 Å². The molecule has 1 saturated heterocycles. The maximum absolute atomic E-state index is 12.8. The number of nitrogens with zero attached hydrogens (tertiary/aromatic N) is 1. The van der Waals surface area contributed by atoms with Crippen LogP contribution in [0, 0.1) is 13.8 Å². The van der Waals surface area contributed by atoms with Crippen molar-refractivity contribution >= 4 is 10.0 Å². The number of benzene rings is 1. The lowest BCUT2D eigenvalue weighted by atomic mass is 10.1. The van der Waals surface area contributed by atoms with Crippen LogP contribution in [0.1, 0.15) is 37.3 Å². The van der Waals surface area contributed by atoms with E-state index in [1.54, 1.807) is 10.4 Å².